The summed E-state index contributed by atoms with van der Waals surface area (Å²) < 4.78 is 11.9. The molecule has 0 bridgehead atoms. The first-order chi connectivity index (χ1) is 15.7. The average Bonchev–Trinajstić information content (AvgIpc) is 3.39. The standard InChI is InChI=1S/C25H32N2O3S2/c1-29-23-8-3-2-7-21(23)22(27-13-4-5-14-27)17-26-24(28)18-30-20-11-9-19(10-12-20)25-31-15-6-16-32-25/h2-3,7-12,22,25H,4-6,13-18H2,1H3,(H,26,28)/t22-/m0/s1. The van der Waals surface area contributed by atoms with E-state index in [2.05, 4.69) is 28.4 Å². The fourth-order valence-corrected chi connectivity index (χ4v) is 7.14. The molecule has 5 nitrogen and oxygen atoms in total. The molecule has 4 rings (SSSR count). The molecule has 2 aromatic rings. The zero-order valence-corrected chi connectivity index (χ0v) is 20.3. The summed E-state index contributed by atoms with van der Waals surface area (Å²) in [6, 6.07) is 16.4. The highest BCUT2D eigenvalue weighted by atomic mass is 32.2. The minimum Gasteiger partial charge on any atom is -0.496 e. The van der Waals surface area contributed by atoms with Crippen molar-refractivity contribution in [1.82, 2.24) is 10.2 Å². The lowest BCUT2D eigenvalue weighted by molar-refractivity contribution is -0.123. The first kappa shape index (κ1) is 23.3. The van der Waals surface area contributed by atoms with Crippen molar-refractivity contribution in [1.29, 1.82) is 0 Å². The molecule has 2 aliphatic heterocycles. The van der Waals surface area contributed by atoms with Gasteiger partial charge < -0.3 is 14.8 Å². The molecule has 2 heterocycles. The van der Waals surface area contributed by atoms with Gasteiger partial charge in [-0.15, -0.1) is 23.5 Å². The maximum atomic E-state index is 12.5. The van der Waals surface area contributed by atoms with Crippen LogP contribution in [0.4, 0.5) is 0 Å². The number of rotatable bonds is 9. The Labute approximate surface area is 199 Å². The summed E-state index contributed by atoms with van der Waals surface area (Å²) in [6.45, 7) is 2.64. The number of thioether (sulfide) groups is 2. The van der Waals surface area contributed by atoms with Crippen LogP contribution >= 0.6 is 23.5 Å². The smallest absolute Gasteiger partial charge is 0.258 e. The van der Waals surface area contributed by atoms with Crippen LogP contribution in [0.5, 0.6) is 11.5 Å². The van der Waals surface area contributed by atoms with Crippen molar-refractivity contribution in [3.05, 3.63) is 59.7 Å². The fourth-order valence-electron chi connectivity index (χ4n) is 4.24. The van der Waals surface area contributed by atoms with Crippen molar-refractivity contribution in [3.63, 3.8) is 0 Å². The molecular formula is C25H32N2O3S2. The van der Waals surface area contributed by atoms with E-state index in [0.717, 1.165) is 30.2 Å². The van der Waals surface area contributed by atoms with Gasteiger partial charge in [-0.05, 0) is 67.6 Å². The van der Waals surface area contributed by atoms with Gasteiger partial charge in [0.05, 0.1) is 17.7 Å². The number of nitrogens with zero attached hydrogens (tertiary/aromatic N) is 1. The molecule has 32 heavy (non-hydrogen) atoms. The number of hydrogen-bond donors (Lipinski definition) is 1. The zero-order chi connectivity index (χ0) is 22.2. The van der Waals surface area contributed by atoms with Gasteiger partial charge in [-0.3, -0.25) is 9.69 Å². The Morgan fingerprint density at radius 2 is 1.78 bits per heavy atom. The minimum absolute atomic E-state index is 0.0188. The monoisotopic (exact) mass is 472 g/mol. The number of ether oxygens (including phenoxy) is 2. The van der Waals surface area contributed by atoms with E-state index in [0.29, 0.717) is 11.1 Å². The van der Waals surface area contributed by atoms with E-state index in [1.54, 1.807) is 7.11 Å². The third-order valence-corrected chi connectivity index (χ3v) is 8.94. The van der Waals surface area contributed by atoms with E-state index in [9.17, 15) is 4.79 Å². The molecule has 2 aromatic carbocycles. The first-order valence-electron chi connectivity index (χ1n) is 11.3. The van der Waals surface area contributed by atoms with Crippen LogP contribution in [0.1, 0.15) is 41.0 Å². The highest BCUT2D eigenvalue weighted by Crippen LogP contribution is 2.43. The van der Waals surface area contributed by atoms with E-state index in [4.69, 9.17) is 9.47 Å². The third-order valence-electron chi connectivity index (χ3n) is 5.92. The second-order valence-corrected chi connectivity index (χ2v) is 10.8. The van der Waals surface area contributed by atoms with Gasteiger partial charge in [-0.1, -0.05) is 30.3 Å². The Balaban J connectivity index is 1.30. The van der Waals surface area contributed by atoms with Crippen LogP contribution in [0.3, 0.4) is 0 Å². The maximum Gasteiger partial charge on any atom is 0.258 e. The number of nitrogens with one attached hydrogen (secondary N) is 1. The molecule has 1 N–H and O–H groups in total. The van der Waals surface area contributed by atoms with Crippen LogP contribution in [0.2, 0.25) is 0 Å². The molecule has 0 aliphatic carbocycles. The van der Waals surface area contributed by atoms with E-state index < -0.39 is 0 Å². The molecular weight excluding hydrogens is 440 g/mol. The molecule has 0 aromatic heterocycles. The van der Waals surface area contributed by atoms with E-state index in [-0.39, 0.29) is 18.6 Å². The predicted octanol–water partition coefficient (Wildman–Crippen LogP) is 4.90. The van der Waals surface area contributed by atoms with Gasteiger partial charge in [0, 0.05) is 12.1 Å². The number of likely N-dealkylation sites (tertiary alicyclic amines) is 1. The molecule has 2 fully saturated rings. The van der Waals surface area contributed by atoms with Crippen LogP contribution < -0.4 is 14.8 Å². The number of amides is 1. The highest BCUT2D eigenvalue weighted by Gasteiger charge is 2.26. The molecule has 0 saturated carbocycles. The highest BCUT2D eigenvalue weighted by molar-refractivity contribution is 8.16. The molecule has 0 spiro atoms. The lowest BCUT2D eigenvalue weighted by Crippen LogP contribution is -2.38. The van der Waals surface area contributed by atoms with Crippen molar-refractivity contribution in [3.8, 4) is 11.5 Å². The number of para-hydroxylation sites is 1. The van der Waals surface area contributed by atoms with Crippen molar-refractivity contribution < 1.29 is 14.3 Å². The van der Waals surface area contributed by atoms with Crippen LogP contribution in [-0.2, 0) is 4.79 Å². The van der Waals surface area contributed by atoms with Crippen LogP contribution in [0, 0.1) is 0 Å². The van der Waals surface area contributed by atoms with Gasteiger partial charge in [-0.25, -0.2) is 0 Å². The first-order valence-corrected chi connectivity index (χ1v) is 13.4. The molecule has 2 saturated heterocycles. The zero-order valence-electron chi connectivity index (χ0n) is 18.6. The van der Waals surface area contributed by atoms with Crippen molar-refractivity contribution in [2.75, 3.05) is 44.9 Å². The quantitative estimate of drug-likeness (QED) is 0.560. The molecule has 0 unspecified atom stereocenters. The van der Waals surface area contributed by atoms with E-state index in [1.807, 2.05) is 53.9 Å². The third kappa shape index (κ3) is 6.15. The second-order valence-electron chi connectivity index (χ2n) is 8.09. The SMILES string of the molecule is COc1ccccc1[C@H](CNC(=O)COc1ccc(C2SCCCS2)cc1)N1CCCC1. The second kappa shape index (κ2) is 11.9. The summed E-state index contributed by atoms with van der Waals surface area (Å²) in [5.74, 6) is 3.94. The Morgan fingerprint density at radius 3 is 2.50 bits per heavy atom. The summed E-state index contributed by atoms with van der Waals surface area (Å²) in [5, 5.41) is 3.07. The van der Waals surface area contributed by atoms with Gasteiger partial charge in [0.2, 0.25) is 0 Å². The Kier molecular flexibility index (Phi) is 8.65. The normalized spacial score (nSPS) is 18.3. The minimum atomic E-state index is -0.105. The topological polar surface area (TPSA) is 50.8 Å². The van der Waals surface area contributed by atoms with E-state index in [1.165, 1.54) is 36.3 Å². The van der Waals surface area contributed by atoms with Crippen LogP contribution in [-0.4, -0.2) is 55.7 Å². The van der Waals surface area contributed by atoms with E-state index >= 15 is 0 Å². The van der Waals surface area contributed by atoms with Crippen molar-refractivity contribution >= 4 is 29.4 Å². The molecule has 1 amide bonds. The lowest BCUT2D eigenvalue weighted by atomic mass is 10.0. The summed E-state index contributed by atoms with van der Waals surface area (Å²) in [4.78, 5) is 15.0. The molecule has 1 atom stereocenters. The van der Waals surface area contributed by atoms with Gasteiger partial charge in [0.15, 0.2) is 6.61 Å². The van der Waals surface area contributed by atoms with Gasteiger partial charge in [0.25, 0.3) is 5.91 Å². The lowest BCUT2D eigenvalue weighted by Gasteiger charge is -2.29. The number of carbonyl (C=O) groups excluding carboxylic acids is 1. The van der Waals surface area contributed by atoms with Gasteiger partial charge in [0.1, 0.15) is 11.5 Å². The largest absolute Gasteiger partial charge is 0.496 e. The molecule has 0 radical (unpaired) electrons. The maximum absolute atomic E-state index is 12.5. The Bertz CT molecular complexity index is 866. The number of hydrogen-bond acceptors (Lipinski definition) is 6. The summed E-state index contributed by atoms with van der Waals surface area (Å²) >= 11 is 4.01. The van der Waals surface area contributed by atoms with Gasteiger partial charge in [-0.2, -0.15) is 0 Å². The molecule has 2 aliphatic rings. The fraction of sp³-hybridized carbons (Fsp3) is 0.480. The number of methoxy groups -OCH3 is 1. The average molecular weight is 473 g/mol. The predicted molar refractivity (Wildman–Crippen MR) is 134 cm³/mol. The number of carbonyl (C=O) groups is 1. The summed E-state index contributed by atoms with van der Waals surface area (Å²) in [7, 11) is 1.70. The Hall–Kier alpha value is -1.83. The van der Waals surface area contributed by atoms with Crippen LogP contribution in [0.25, 0.3) is 0 Å². The van der Waals surface area contributed by atoms with Crippen LogP contribution in [0.15, 0.2) is 48.5 Å². The summed E-state index contributed by atoms with van der Waals surface area (Å²) in [6.07, 6.45) is 3.67. The van der Waals surface area contributed by atoms with Gasteiger partial charge >= 0.3 is 0 Å². The Morgan fingerprint density at radius 1 is 1.06 bits per heavy atom. The molecule has 7 heteroatoms. The van der Waals surface area contributed by atoms with Crippen molar-refractivity contribution in [2.24, 2.45) is 0 Å². The van der Waals surface area contributed by atoms with Crippen molar-refractivity contribution in [2.45, 2.75) is 29.9 Å². The summed E-state index contributed by atoms with van der Waals surface area (Å²) in [5.41, 5.74) is 2.44. The molecule has 172 valence electrons. The number of benzene rings is 2.